The third-order valence-electron chi connectivity index (χ3n) is 8.60. The van der Waals surface area contributed by atoms with Crippen molar-refractivity contribution in [1.29, 1.82) is 0 Å². The lowest BCUT2D eigenvalue weighted by molar-refractivity contribution is -0.131. The van der Waals surface area contributed by atoms with Crippen molar-refractivity contribution in [3.63, 3.8) is 0 Å². The third kappa shape index (κ3) is 3.30. The first-order chi connectivity index (χ1) is 13.6. The predicted molar refractivity (Wildman–Crippen MR) is 115 cm³/mol. The summed E-state index contributed by atoms with van der Waals surface area (Å²) in [6.45, 7) is 5.88. The summed E-state index contributed by atoms with van der Waals surface area (Å²) >= 11 is 0. The Bertz CT molecular complexity index is 727. The molecule has 1 spiro atoms. The summed E-state index contributed by atoms with van der Waals surface area (Å²) in [4.78, 5) is 17.2. The molecule has 0 radical (unpaired) electrons. The molecule has 154 valence electrons. The average molecular weight is 383 g/mol. The summed E-state index contributed by atoms with van der Waals surface area (Å²) in [6.07, 6.45) is 12.7. The zero-order valence-corrected chi connectivity index (χ0v) is 17.5. The van der Waals surface area contributed by atoms with E-state index in [1.54, 1.807) is 6.92 Å². The Morgan fingerprint density at radius 1 is 1.07 bits per heavy atom. The number of hydrogen-bond acceptors (Lipinski definition) is 2. The van der Waals surface area contributed by atoms with Crippen molar-refractivity contribution in [1.82, 2.24) is 9.80 Å². The van der Waals surface area contributed by atoms with Crippen LogP contribution >= 0.6 is 0 Å². The van der Waals surface area contributed by atoms with Crippen LogP contribution in [-0.2, 0) is 16.8 Å². The van der Waals surface area contributed by atoms with Crippen LogP contribution in [0.25, 0.3) is 0 Å². The Hall–Kier alpha value is -1.35. The van der Waals surface area contributed by atoms with Gasteiger partial charge in [-0.05, 0) is 74.6 Å². The number of hydrogen-bond donors (Lipinski definition) is 0. The number of piperidine rings is 1. The van der Waals surface area contributed by atoms with Gasteiger partial charge in [0.15, 0.2) is 0 Å². The Labute approximate surface area is 172 Å². The SMILES string of the molecule is CC(=O)N1Cc2ccccc2C2(CCN([C@@H]3CCC4CCCCC3C4)CC2)C1.[HH]. The van der Waals surface area contributed by atoms with Crippen molar-refractivity contribution < 1.29 is 6.22 Å². The second-order valence-corrected chi connectivity index (χ2v) is 10.1. The van der Waals surface area contributed by atoms with Gasteiger partial charge in [-0.3, -0.25) is 4.79 Å². The molecule has 2 saturated carbocycles. The fourth-order valence-electron chi connectivity index (χ4n) is 7.06. The maximum atomic E-state index is 12.2. The van der Waals surface area contributed by atoms with Gasteiger partial charge in [-0.25, -0.2) is 0 Å². The first kappa shape index (κ1) is 18.7. The highest BCUT2D eigenvalue weighted by Gasteiger charge is 2.45. The summed E-state index contributed by atoms with van der Waals surface area (Å²) in [5.41, 5.74) is 3.09. The Morgan fingerprint density at radius 3 is 2.68 bits per heavy atom. The number of carbonyl (C=O) groups excluding carboxylic acids is 1. The standard InChI is InChI=1S/C25H36N2O.H2/c1-19(28)27-17-22-8-4-5-9-23(22)25(18-27)12-14-26(15-13-25)24-11-10-20-6-2-3-7-21(24)16-20;/h4-5,8-9,20-21,24H,2-3,6-7,10-18H2,1H3;1H/t20?,21?,24-;/m1./s1. The summed E-state index contributed by atoms with van der Waals surface area (Å²) in [7, 11) is 0. The molecule has 0 aromatic heterocycles. The van der Waals surface area contributed by atoms with Crippen LogP contribution in [-0.4, -0.2) is 41.4 Å². The van der Waals surface area contributed by atoms with Gasteiger partial charge in [-0.1, -0.05) is 43.5 Å². The predicted octanol–water partition coefficient (Wildman–Crippen LogP) is 4.99. The molecule has 4 aliphatic rings. The van der Waals surface area contributed by atoms with E-state index in [4.69, 9.17) is 0 Å². The van der Waals surface area contributed by atoms with Crippen molar-refractivity contribution >= 4 is 5.91 Å². The molecule has 2 heterocycles. The molecule has 2 bridgehead atoms. The van der Waals surface area contributed by atoms with Crippen LogP contribution in [0.15, 0.2) is 24.3 Å². The molecule has 2 aliphatic heterocycles. The van der Waals surface area contributed by atoms with E-state index in [0.717, 1.165) is 31.0 Å². The lowest BCUT2D eigenvalue weighted by Gasteiger charge is -2.51. The first-order valence-electron chi connectivity index (χ1n) is 11.7. The van der Waals surface area contributed by atoms with Crippen LogP contribution in [0.4, 0.5) is 0 Å². The second-order valence-electron chi connectivity index (χ2n) is 10.1. The molecule has 3 heteroatoms. The van der Waals surface area contributed by atoms with Crippen molar-refractivity contribution in [3.8, 4) is 0 Å². The van der Waals surface area contributed by atoms with Crippen molar-refractivity contribution in [3.05, 3.63) is 35.4 Å². The van der Waals surface area contributed by atoms with Gasteiger partial charge in [0, 0.05) is 32.9 Å². The topological polar surface area (TPSA) is 23.6 Å². The van der Waals surface area contributed by atoms with Gasteiger partial charge in [0.05, 0.1) is 0 Å². The zero-order chi connectivity index (χ0) is 19.1. The highest BCUT2D eigenvalue weighted by atomic mass is 16.2. The zero-order valence-electron chi connectivity index (χ0n) is 17.5. The minimum absolute atomic E-state index is 0. The quantitative estimate of drug-likeness (QED) is 0.683. The average Bonchev–Trinajstić information content (AvgIpc) is 2.90. The van der Waals surface area contributed by atoms with E-state index >= 15 is 0 Å². The smallest absolute Gasteiger partial charge is 0.219 e. The van der Waals surface area contributed by atoms with Gasteiger partial charge in [-0.15, -0.1) is 0 Å². The van der Waals surface area contributed by atoms with E-state index in [2.05, 4.69) is 34.1 Å². The molecular formula is C25H38N2O. The minimum Gasteiger partial charge on any atom is -0.338 e. The van der Waals surface area contributed by atoms with Gasteiger partial charge in [0.1, 0.15) is 0 Å². The molecule has 1 amide bonds. The molecule has 3 atom stereocenters. The van der Waals surface area contributed by atoms with E-state index in [1.165, 1.54) is 82.0 Å². The molecule has 0 N–H and O–H groups in total. The molecule has 2 unspecified atom stereocenters. The molecule has 1 saturated heterocycles. The largest absolute Gasteiger partial charge is 0.338 e. The van der Waals surface area contributed by atoms with E-state index < -0.39 is 0 Å². The number of likely N-dealkylation sites (tertiary alicyclic amines) is 1. The first-order valence-corrected chi connectivity index (χ1v) is 11.7. The molecule has 3 nitrogen and oxygen atoms in total. The maximum Gasteiger partial charge on any atom is 0.219 e. The lowest BCUT2D eigenvalue weighted by Crippen LogP contribution is -2.55. The summed E-state index contributed by atoms with van der Waals surface area (Å²) in [6, 6.07) is 9.75. The van der Waals surface area contributed by atoms with Gasteiger partial charge in [-0.2, -0.15) is 0 Å². The van der Waals surface area contributed by atoms with Crippen LogP contribution in [0, 0.1) is 11.8 Å². The van der Waals surface area contributed by atoms with Gasteiger partial charge in [0.25, 0.3) is 0 Å². The number of rotatable bonds is 1. The fraction of sp³-hybridized carbons (Fsp3) is 0.720. The maximum absolute atomic E-state index is 12.2. The van der Waals surface area contributed by atoms with E-state index in [1.807, 2.05) is 0 Å². The summed E-state index contributed by atoms with van der Waals surface area (Å²) in [5.74, 6) is 2.20. The normalized spacial score (nSPS) is 32.6. The Morgan fingerprint density at radius 2 is 1.86 bits per heavy atom. The fourth-order valence-corrected chi connectivity index (χ4v) is 7.06. The number of nitrogens with zero attached hydrogens (tertiary/aromatic N) is 2. The van der Waals surface area contributed by atoms with E-state index in [0.29, 0.717) is 0 Å². The monoisotopic (exact) mass is 382 g/mol. The molecule has 5 rings (SSSR count). The van der Waals surface area contributed by atoms with Crippen molar-refractivity contribution in [2.24, 2.45) is 11.8 Å². The highest BCUT2D eigenvalue weighted by Crippen LogP contribution is 2.45. The highest BCUT2D eigenvalue weighted by molar-refractivity contribution is 5.74. The molecule has 1 aromatic carbocycles. The lowest BCUT2D eigenvalue weighted by atomic mass is 9.68. The van der Waals surface area contributed by atoms with Crippen molar-refractivity contribution in [2.75, 3.05) is 19.6 Å². The van der Waals surface area contributed by atoms with E-state index in [-0.39, 0.29) is 12.7 Å². The molecular weight excluding hydrogens is 344 g/mol. The van der Waals surface area contributed by atoms with E-state index in [9.17, 15) is 4.79 Å². The Kier molecular flexibility index (Phi) is 4.99. The summed E-state index contributed by atoms with van der Waals surface area (Å²) in [5, 5.41) is 0. The number of carbonyl (C=O) groups is 1. The minimum atomic E-state index is 0. The van der Waals surface area contributed by atoms with Crippen LogP contribution in [0.3, 0.4) is 0 Å². The van der Waals surface area contributed by atoms with Crippen LogP contribution < -0.4 is 0 Å². The van der Waals surface area contributed by atoms with Gasteiger partial charge in [0.2, 0.25) is 5.91 Å². The number of fused-ring (bicyclic) bond motifs is 4. The van der Waals surface area contributed by atoms with Crippen LogP contribution in [0.1, 0.15) is 77.3 Å². The van der Waals surface area contributed by atoms with Gasteiger partial charge < -0.3 is 9.80 Å². The van der Waals surface area contributed by atoms with Gasteiger partial charge >= 0.3 is 0 Å². The van der Waals surface area contributed by atoms with Crippen LogP contribution in [0.5, 0.6) is 0 Å². The summed E-state index contributed by atoms with van der Waals surface area (Å²) < 4.78 is 0. The molecule has 28 heavy (non-hydrogen) atoms. The number of amides is 1. The number of benzene rings is 1. The van der Waals surface area contributed by atoms with Crippen LogP contribution in [0.2, 0.25) is 0 Å². The third-order valence-corrected chi connectivity index (χ3v) is 8.60. The molecule has 2 aliphatic carbocycles. The Balaban J connectivity index is 0.00000205. The van der Waals surface area contributed by atoms with Crippen molar-refractivity contribution in [2.45, 2.75) is 82.7 Å². The second kappa shape index (κ2) is 7.48. The molecule has 3 fully saturated rings. The molecule has 1 aromatic rings.